The third-order valence-corrected chi connectivity index (χ3v) is 5.08. The van der Waals surface area contributed by atoms with Crippen molar-refractivity contribution in [2.75, 3.05) is 26.2 Å². The minimum absolute atomic E-state index is 0.0295. The minimum Gasteiger partial charge on any atom is -0.336 e. The van der Waals surface area contributed by atoms with E-state index in [1.54, 1.807) is 12.1 Å². The summed E-state index contributed by atoms with van der Waals surface area (Å²) < 4.78 is 13.9. The average molecular weight is 412 g/mol. The first-order valence-corrected chi connectivity index (χ1v) is 9.01. The summed E-state index contributed by atoms with van der Waals surface area (Å²) in [4.78, 5) is 26.8. The molecule has 1 aliphatic heterocycles. The van der Waals surface area contributed by atoms with Crippen LogP contribution in [0.3, 0.4) is 0 Å². The number of amides is 1. The number of piperazine rings is 1. The van der Waals surface area contributed by atoms with E-state index in [-0.39, 0.29) is 22.1 Å². The van der Waals surface area contributed by atoms with Crippen molar-refractivity contribution in [2.24, 2.45) is 0 Å². The lowest BCUT2D eigenvalue weighted by atomic mass is 10.1. The summed E-state index contributed by atoms with van der Waals surface area (Å²) in [6.07, 6.45) is 0. The molecule has 1 heterocycles. The van der Waals surface area contributed by atoms with Crippen LogP contribution in [0, 0.1) is 15.9 Å². The second-order valence-electron chi connectivity index (χ2n) is 6.19. The van der Waals surface area contributed by atoms with Crippen LogP contribution in [0.5, 0.6) is 0 Å². The van der Waals surface area contributed by atoms with Crippen LogP contribution in [-0.2, 0) is 6.54 Å². The Hall–Kier alpha value is -2.22. The normalized spacial score (nSPS) is 15.0. The summed E-state index contributed by atoms with van der Waals surface area (Å²) in [6, 6.07) is 8.47. The summed E-state index contributed by atoms with van der Waals surface area (Å²) in [5, 5.41) is 11.8. The molecule has 0 saturated carbocycles. The first kappa shape index (κ1) is 19.5. The van der Waals surface area contributed by atoms with E-state index >= 15 is 0 Å². The van der Waals surface area contributed by atoms with E-state index < -0.39 is 10.8 Å². The maximum absolute atomic E-state index is 13.9. The predicted octanol–water partition coefficient (Wildman–Crippen LogP) is 4.00. The van der Waals surface area contributed by atoms with Gasteiger partial charge in [-0.3, -0.25) is 19.8 Å². The quantitative estimate of drug-likeness (QED) is 0.563. The number of carbonyl (C=O) groups excluding carboxylic acids is 1. The van der Waals surface area contributed by atoms with Gasteiger partial charge in [-0.25, -0.2) is 4.39 Å². The van der Waals surface area contributed by atoms with Crippen molar-refractivity contribution in [3.63, 3.8) is 0 Å². The standard InChI is InChI=1S/C18H16Cl2FN3O3/c19-12-4-5-17(24(26)27)13(10-12)18(25)23-8-6-22(7-9-23)11-14-15(20)2-1-3-16(14)21/h1-5,10H,6-9,11H2. The zero-order valence-electron chi connectivity index (χ0n) is 14.2. The van der Waals surface area contributed by atoms with Gasteiger partial charge in [0.25, 0.3) is 11.6 Å². The minimum atomic E-state index is -0.597. The number of nitrogens with zero attached hydrogens (tertiary/aromatic N) is 3. The Balaban J connectivity index is 1.68. The first-order valence-electron chi connectivity index (χ1n) is 8.25. The van der Waals surface area contributed by atoms with Gasteiger partial charge >= 0.3 is 0 Å². The summed E-state index contributed by atoms with van der Waals surface area (Å²) in [6.45, 7) is 2.09. The Morgan fingerprint density at radius 1 is 1.15 bits per heavy atom. The van der Waals surface area contributed by atoms with Crippen molar-refractivity contribution in [2.45, 2.75) is 6.54 Å². The molecule has 0 unspecified atom stereocenters. The van der Waals surface area contributed by atoms with Gasteiger partial charge in [-0.05, 0) is 24.3 Å². The predicted molar refractivity (Wildman–Crippen MR) is 101 cm³/mol. The molecule has 1 saturated heterocycles. The molecule has 27 heavy (non-hydrogen) atoms. The largest absolute Gasteiger partial charge is 0.336 e. The van der Waals surface area contributed by atoms with E-state index in [0.717, 1.165) is 0 Å². The van der Waals surface area contributed by atoms with Gasteiger partial charge in [0.1, 0.15) is 11.4 Å². The van der Waals surface area contributed by atoms with E-state index in [1.807, 2.05) is 4.90 Å². The fourth-order valence-corrected chi connectivity index (χ4v) is 3.42. The average Bonchev–Trinajstić information content (AvgIpc) is 2.64. The van der Waals surface area contributed by atoms with Gasteiger partial charge in [0.2, 0.25) is 0 Å². The fourth-order valence-electron chi connectivity index (χ4n) is 3.03. The maximum Gasteiger partial charge on any atom is 0.282 e. The molecule has 9 heteroatoms. The topological polar surface area (TPSA) is 66.7 Å². The van der Waals surface area contributed by atoms with Gasteiger partial charge in [-0.1, -0.05) is 29.3 Å². The number of benzene rings is 2. The molecular formula is C18H16Cl2FN3O3. The van der Waals surface area contributed by atoms with E-state index in [9.17, 15) is 19.3 Å². The van der Waals surface area contributed by atoms with Gasteiger partial charge in [-0.15, -0.1) is 0 Å². The summed E-state index contributed by atoms with van der Waals surface area (Å²) >= 11 is 12.0. The Labute approximate surface area is 165 Å². The molecule has 2 aromatic carbocycles. The van der Waals surface area contributed by atoms with Crippen LogP contribution in [0.25, 0.3) is 0 Å². The molecule has 142 valence electrons. The highest BCUT2D eigenvalue weighted by molar-refractivity contribution is 6.31. The summed E-state index contributed by atoms with van der Waals surface area (Å²) in [7, 11) is 0. The molecule has 0 N–H and O–H groups in total. The number of hydrogen-bond acceptors (Lipinski definition) is 4. The fraction of sp³-hybridized carbons (Fsp3) is 0.278. The Morgan fingerprint density at radius 3 is 2.48 bits per heavy atom. The van der Waals surface area contributed by atoms with Gasteiger partial charge in [0.15, 0.2) is 0 Å². The van der Waals surface area contributed by atoms with Gasteiger partial charge in [0.05, 0.1) is 4.92 Å². The van der Waals surface area contributed by atoms with Crippen molar-refractivity contribution in [1.82, 2.24) is 9.80 Å². The van der Waals surface area contributed by atoms with Crippen molar-refractivity contribution < 1.29 is 14.1 Å². The molecule has 3 rings (SSSR count). The third kappa shape index (κ3) is 4.37. The molecule has 0 aliphatic carbocycles. The molecule has 0 spiro atoms. The second-order valence-corrected chi connectivity index (χ2v) is 7.03. The molecule has 2 aromatic rings. The van der Waals surface area contributed by atoms with Crippen molar-refractivity contribution in [3.8, 4) is 0 Å². The highest BCUT2D eigenvalue weighted by Crippen LogP contribution is 2.25. The second kappa shape index (κ2) is 8.21. The van der Waals surface area contributed by atoms with Crippen molar-refractivity contribution >= 4 is 34.8 Å². The molecule has 1 amide bonds. The van der Waals surface area contributed by atoms with Gasteiger partial charge < -0.3 is 4.90 Å². The van der Waals surface area contributed by atoms with Crippen LogP contribution >= 0.6 is 23.2 Å². The monoisotopic (exact) mass is 411 g/mol. The third-order valence-electron chi connectivity index (χ3n) is 4.49. The Bertz CT molecular complexity index is 866. The van der Waals surface area contributed by atoms with E-state index in [0.29, 0.717) is 43.3 Å². The number of nitro groups is 1. The lowest BCUT2D eigenvalue weighted by molar-refractivity contribution is -0.385. The van der Waals surface area contributed by atoms with Crippen LogP contribution in [0.15, 0.2) is 36.4 Å². The molecule has 0 atom stereocenters. The number of halogens is 3. The van der Waals surface area contributed by atoms with Crippen molar-refractivity contribution in [1.29, 1.82) is 0 Å². The Kier molecular flexibility index (Phi) is 5.94. The maximum atomic E-state index is 13.9. The van der Waals surface area contributed by atoms with E-state index in [4.69, 9.17) is 23.2 Å². The molecule has 0 radical (unpaired) electrons. The van der Waals surface area contributed by atoms with Crippen molar-refractivity contribution in [3.05, 3.63) is 73.5 Å². The lowest BCUT2D eigenvalue weighted by Crippen LogP contribution is -2.48. The SMILES string of the molecule is O=C(c1cc(Cl)ccc1[N+](=O)[O-])N1CCN(Cc2c(F)cccc2Cl)CC1. The molecule has 0 bridgehead atoms. The van der Waals surface area contributed by atoms with E-state index in [2.05, 4.69) is 0 Å². The molecular weight excluding hydrogens is 396 g/mol. The van der Waals surface area contributed by atoms with Crippen LogP contribution in [0.1, 0.15) is 15.9 Å². The number of carbonyl (C=O) groups is 1. The highest BCUT2D eigenvalue weighted by Gasteiger charge is 2.28. The van der Waals surface area contributed by atoms with Crippen LogP contribution in [0.2, 0.25) is 10.0 Å². The highest BCUT2D eigenvalue weighted by atomic mass is 35.5. The van der Waals surface area contributed by atoms with Gasteiger partial charge in [0, 0.05) is 54.4 Å². The van der Waals surface area contributed by atoms with Gasteiger partial charge in [-0.2, -0.15) is 0 Å². The Morgan fingerprint density at radius 2 is 1.85 bits per heavy atom. The molecule has 0 aromatic heterocycles. The number of rotatable bonds is 4. The van der Waals surface area contributed by atoms with Crippen LogP contribution in [-0.4, -0.2) is 46.8 Å². The molecule has 1 fully saturated rings. The first-order chi connectivity index (χ1) is 12.9. The molecule has 1 aliphatic rings. The number of hydrogen-bond donors (Lipinski definition) is 0. The lowest BCUT2D eigenvalue weighted by Gasteiger charge is -2.34. The summed E-state index contributed by atoms with van der Waals surface area (Å²) in [5.74, 6) is -0.802. The smallest absolute Gasteiger partial charge is 0.282 e. The molecule has 6 nitrogen and oxygen atoms in total. The zero-order valence-corrected chi connectivity index (χ0v) is 15.7. The van der Waals surface area contributed by atoms with E-state index in [1.165, 1.54) is 29.2 Å². The summed E-state index contributed by atoms with van der Waals surface area (Å²) in [5.41, 5.74) is 0.118. The van der Waals surface area contributed by atoms with Crippen LogP contribution in [0.4, 0.5) is 10.1 Å². The number of nitro benzene ring substituents is 1. The van der Waals surface area contributed by atoms with Crippen LogP contribution < -0.4 is 0 Å². The zero-order chi connectivity index (χ0) is 19.6.